The molecular weight excluding hydrogens is 254 g/mol. The van der Waals surface area contributed by atoms with Gasteiger partial charge in [-0.25, -0.2) is 0 Å². The first-order valence-corrected chi connectivity index (χ1v) is 6.72. The van der Waals surface area contributed by atoms with Gasteiger partial charge in [-0.15, -0.1) is 0 Å². The maximum absolute atomic E-state index is 12.1. The summed E-state index contributed by atoms with van der Waals surface area (Å²) in [5, 5.41) is 2.96. The molecule has 110 valence electrons. The Morgan fingerprint density at radius 1 is 1.35 bits per heavy atom. The van der Waals surface area contributed by atoms with Crippen LogP contribution in [-0.2, 0) is 0 Å². The van der Waals surface area contributed by atoms with E-state index in [2.05, 4.69) is 25.7 Å². The van der Waals surface area contributed by atoms with Crippen molar-refractivity contribution in [3.63, 3.8) is 0 Å². The Kier molecular flexibility index (Phi) is 6.10. The third-order valence-corrected chi connectivity index (χ3v) is 3.14. The fourth-order valence-electron chi connectivity index (χ4n) is 1.53. The zero-order chi connectivity index (χ0) is 15.1. The van der Waals surface area contributed by atoms with E-state index >= 15 is 0 Å². The van der Waals surface area contributed by atoms with Crippen LogP contribution < -0.4 is 14.8 Å². The Morgan fingerprint density at radius 3 is 2.60 bits per heavy atom. The van der Waals surface area contributed by atoms with Crippen LogP contribution in [0.4, 0.5) is 0 Å². The predicted octanol–water partition coefficient (Wildman–Crippen LogP) is 3.03. The number of methoxy groups -OCH3 is 1. The minimum Gasteiger partial charge on any atom is -0.493 e. The number of carbonyl (C=O) groups excluding carboxylic acids is 1. The summed E-state index contributed by atoms with van der Waals surface area (Å²) in [5.41, 5.74) is 0.556. The van der Waals surface area contributed by atoms with Crippen LogP contribution in [0.1, 0.15) is 31.1 Å². The Labute approximate surface area is 120 Å². The first kappa shape index (κ1) is 16.1. The number of nitrogens with one attached hydrogen (secondary N) is 1. The van der Waals surface area contributed by atoms with E-state index in [4.69, 9.17) is 9.47 Å². The highest BCUT2D eigenvalue weighted by Gasteiger charge is 2.14. The van der Waals surface area contributed by atoms with E-state index in [1.54, 1.807) is 31.4 Å². The van der Waals surface area contributed by atoms with E-state index in [0.29, 0.717) is 29.6 Å². The lowest BCUT2D eigenvalue weighted by atomic mass is 10.1. The van der Waals surface area contributed by atoms with E-state index in [-0.39, 0.29) is 11.9 Å². The minimum absolute atomic E-state index is 0.111. The third-order valence-electron chi connectivity index (χ3n) is 3.14. The summed E-state index contributed by atoms with van der Waals surface area (Å²) in [6.45, 7) is 10.1. The summed E-state index contributed by atoms with van der Waals surface area (Å²) < 4.78 is 10.7. The Bertz CT molecular complexity index is 469. The minimum atomic E-state index is -0.111. The van der Waals surface area contributed by atoms with Gasteiger partial charge in [0.05, 0.1) is 7.11 Å². The zero-order valence-corrected chi connectivity index (χ0v) is 12.6. The summed E-state index contributed by atoms with van der Waals surface area (Å²) in [7, 11) is 1.55. The number of benzene rings is 1. The second-order valence-corrected chi connectivity index (χ2v) is 4.97. The largest absolute Gasteiger partial charge is 0.493 e. The van der Waals surface area contributed by atoms with Crippen molar-refractivity contribution in [3.8, 4) is 11.5 Å². The second-order valence-electron chi connectivity index (χ2n) is 4.97. The van der Waals surface area contributed by atoms with Gasteiger partial charge in [-0.05, 0) is 31.0 Å². The number of ether oxygens (including phenoxy) is 2. The fourth-order valence-corrected chi connectivity index (χ4v) is 1.53. The molecule has 0 aromatic heterocycles. The predicted molar refractivity (Wildman–Crippen MR) is 80.5 cm³/mol. The van der Waals surface area contributed by atoms with Crippen molar-refractivity contribution in [2.24, 2.45) is 5.92 Å². The molecule has 0 aliphatic heterocycles. The Balaban J connectivity index is 2.86. The summed E-state index contributed by atoms with van der Waals surface area (Å²) in [5.74, 6) is 1.41. The topological polar surface area (TPSA) is 47.6 Å². The van der Waals surface area contributed by atoms with Crippen LogP contribution in [0.15, 0.2) is 30.9 Å². The second kappa shape index (κ2) is 7.58. The van der Waals surface area contributed by atoms with Crippen molar-refractivity contribution in [1.29, 1.82) is 0 Å². The molecule has 0 fully saturated rings. The van der Waals surface area contributed by atoms with Crippen LogP contribution in [0, 0.1) is 5.92 Å². The molecule has 1 atom stereocenters. The maximum Gasteiger partial charge on any atom is 0.251 e. The molecule has 4 heteroatoms. The van der Waals surface area contributed by atoms with Crippen LogP contribution in [0.25, 0.3) is 0 Å². The van der Waals surface area contributed by atoms with Gasteiger partial charge in [0.25, 0.3) is 5.91 Å². The molecular formula is C16H23NO3. The molecule has 0 aliphatic rings. The summed E-state index contributed by atoms with van der Waals surface area (Å²) in [6.07, 6.45) is 1.66. The van der Waals surface area contributed by atoms with Crippen LogP contribution in [-0.4, -0.2) is 25.7 Å². The Hall–Kier alpha value is -1.97. The van der Waals surface area contributed by atoms with Gasteiger partial charge in [0.2, 0.25) is 0 Å². The fraction of sp³-hybridized carbons (Fsp3) is 0.438. The van der Waals surface area contributed by atoms with Crippen LogP contribution in [0.3, 0.4) is 0 Å². The molecule has 1 rings (SSSR count). The lowest BCUT2D eigenvalue weighted by Crippen LogP contribution is -2.36. The highest BCUT2D eigenvalue weighted by Crippen LogP contribution is 2.28. The highest BCUT2D eigenvalue weighted by atomic mass is 16.5. The van der Waals surface area contributed by atoms with Gasteiger partial charge >= 0.3 is 0 Å². The number of hydrogen-bond donors (Lipinski definition) is 1. The van der Waals surface area contributed by atoms with Gasteiger partial charge in [-0.2, -0.15) is 0 Å². The van der Waals surface area contributed by atoms with Crippen molar-refractivity contribution < 1.29 is 14.3 Å². The standard InChI is InChI=1S/C16H23NO3/c1-6-9-20-14-8-7-13(10-15(14)19-5)16(18)17-12(4)11(2)3/h6-8,10-12H,1,9H2,2-5H3,(H,17,18). The summed E-state index contributed by atoms with van der Waals surface area (Å²) in [6, 6.07) is 5.26. The molecule has 0 aliphatic carbocycles. The highest BCUT2D eigenvalue weighted by molar-refractivity contribution is 5.95. The lowest BCUT2D eigenvalue weighted by molar-refractivity contribution is 0.0930. The van der Waals surface area contributed by atoms with Crippen molar-refractivity contribution in [1.82, 2.24) is 5.32 Å². The summed E-state index contributed by atoms with van der Waals surface area (Å²) >= 11 is 0. The monoisotopic (exact) mass is 277 g/mol. The number of carbonyl (C=O) groups is 1. The SMILES string of the molecule is C=CCOc1ccc(C(=O)NC(C)C(C)C)cc1OC. The molecule has 1 aromatic carbocycles. The molecule has 20 heavy (non-hydrogen) atoms. The first-order valence-electron chi connectivity index (χ1n) is 6.72. The van der Waals surface area contributed by atoms with Crippen molar-refractivity contribution in [3.05, 3.63) is 36.4 Å². The van der Waals surface area contributed by atoms with Crippen LogP contribution in [0.2, 0.25) is 0 Å². The van der Waals surface area contributed by atoms with Crippen LogP contribution in [0.5, 0.6) is 11.5 Å². The number of rotatable bonds is 7. The van der Waals surface area contributed by atoms with E-state index in [1.807, 2.05) is 6.92 Å². The lowest BCUT2D eigenvalue weighted by Gasteiger charge is -2.18. The van der Waals surface area contributed by atoms with Crippen molar-refractivity contribution >= 4 is 5.91 Å². The molecule has 0 radical (unpaired) electrons. The molecule has 1 unspecified atom stereocenters. The molecule has 1 aromatic rings. The number of amides is 1. The normalized spacial score (nSPS) is 11.8. The summed E-state index contributed by atoms with van der Waals surface area (Å²) in [4.78, 5) is 12.1. The van der Waals surface area contributed by atoms with Gasteiger partial charge in [0.1, 0.15) is 6.61 Å². The average molecular weight is 277 g/mol. The van der Waals surface area contributed by atoms with E-state index in [1.165, 1.54) is 0 Å². The van der Waals surface area contributed by atoms with E-state index in [0.717, 1.165) is 0 Å². The molecule has 0 saturated heterocycles. The first-order chi connectivity index (χ1) is 9.49. The Morgan fingerprint density at radius 2 is 2.05 bits per heavy atom. The van der Waals surface area contributed by atoms with Gasteiger partial charge < -0.3 is 14.8 Å². The van der Waals surface area contributed by atoms with Gasteiger partial charge in [0.15, 0.2) is 11.5 Å². The molecule has 1 amide bonds. The third kappa shape index (κ3) is 4.30. The van der Waals surface area contributed by atoms with Crippen LogP contribution >= 0.6 is 0 Å². The molecule has 4 nitrogen and oxygen atoms in total. The van der Waals surface area contributed by atoms with Crippen molar-refractivity contribution in [2.75, 3.05) is 13.7 Å². The van der Waals surface area contributed by atoms with E-state index in [9.17, 15) is 4.79 Å². The molecule has 0 bridgehead atoms. The van der Waals surface area contributed by atoms with Crippen molar-refractivity contribution in [2.45, 2.75) is 26.8 Å². The molecule has 0 saturated carbocycles. The quantitative estimate of drug-likeness (QED) is 0.779. The maximum atomic E-state index is 12.1. The average Bonchev–Trinajstić information content (AvgIpc) is 2.44. The molecule has 0 spiro atoms. The zero-order valence-electron chi connectivity index (χ0n) is 12.6. The molecule has 0 heterocycles. The van der Waals surface area contributed by atoms with Gasteiger partial charge in [-0.1, -0.05) is 26.5 Å². The number of hydrogen-bond acceptors (Lipinski definition) is 3. The van der Waals surface area contributed by atoms with E-state index < -0.39 is 0 Å². The van der Waals surface area contributed by atoms with Gasteiger partial charge in [-0.3, -0.25) is 4.79 Å². The van der Waals surface area contributed by atoms with Gasteiger partial charge in [0, 0.05) is 11.6 Å². The smallest absolute Gasteiger partial charge is 0.251 e. The molecule has 1 N–H and O–H groups in total.